The largest absolute Gasteiger partial charge is 0.511 e. The van der Waals surface area contributed by atoms with Crippen molar-refractivity contribution in [3.05, 3.63) is 59.7 Å². The second kappa shape index (κ2) is 7.77. The molecule has 1 aliphatic rings. The maximum Gasteiger partial charge on any atom is 0.401 e. The average molecular weight is 422 g/mol. The van der Waals surface area contributed by atoms with Crippen LogP contribution in [0.1, 0.15) is 18.4 Å². The zero-order chi connectivity index (χ0) is 22.1. The van der Waals surface area contributed by atoms with E-state index in [1.165, 1.54) is 6.20 Å². The summed E-state index contributed by atoms with van der Waals surface area (Å²) in [4.78, 5) is 19.4. The quantitative estimate of drug-likeness (QED) is 0.294. The lowest BCUT2D eigenvalue weighted by atomic mass is 10.0. The van der Waals surface area contributed by atoms with E-state index in [1.54, 1.807) is 24.3 Å². The Balaban J connectivity index is 1.68. The van der Waals surface area contributed by atoms with Crippen LogP contribution in [-0.4, -0.2) is 28.0 Å². The number of aliphatic hydroxyl groups is 1. The third kappa shape index (κ3) is 4.42. The highest BCUT2D eigenvalue weighted by molar-refractivity contribution is 6.00. The number of aromatic nitrogens is 1. The number of anilines is 1. The van der Waals surface area contributed by atoms with Gasteiger partial charge in [0.25, 0.3) is 5.91 Å². The van der Waals surface area contributed by atoms with Crippen molar-refractivity contribution >= 4 is 17.6 Å². The minimum Gasteiger partial charge on any atom is -0.511 e. The first-order valence-electron chi connectivity index (χ1n) is 8.87. The van der Waals surface area contributed by atoms with Gasteiger partial charge >= 0.3 is 6.18 Å². The minimum absolute atomic E-state index is 0.0526. The van der Waals surface area contributed by atoms with Gasteiger partial charge in [0.05, 0.1) is 6.42 Å². The van der Waals surface area contributed by atoms with Crippen LogP contribution in [0.5, 0.6) is 0 Å². The standard InChI is InChI=1S/C20H18F4N4O2/c21-14-8-16(25)27-10-13(14)12-3-1-11(2-4-12)7-18(30)28-17(26)9-15(29)19(5-6-19)20(22,23)24/h1-4,8-10,29H,5-7H2,(H2,25,27)(H2,26,28,30)/b15-9-. The van der Waals surface area contributed by atoms with Gasteiger partial charge in [0.15, 0.2) is 0 Å². The van der Waals surface area contributed by atoms with E-state index in [0.717, 1.165) is 6.07 Å². The van der Waals surface area contributed by atoms with Crippen LogP contribution in [0.4, 0.5) is 23.4 Å². The number of pyridine rings is 1. The number of amidine groups is 1. The summed E-state index contributed by atoms with van der Waals surface area (Å²) >= 11 is 0. The van der Waals surface area contributed by atoms with Crippen molar-refractivity contribution in [3.63, 3.8) is 0 Å². The van der Waals surface area contributed by atoms with Crippen LogP contribution in [-0.2, 0) is 11.2 Å². The van der Waals surface area contributed by atoms with Crippen LogP contribution >= 0.6 is 0 Å². The molecule has 0 radical (unpaired) electrons. The van der Waals surface area contributed by atoms with Crippen molar-refractivity contribution in [3.8, 4) is 11.1 Å². The second-order valence-corrected chi connectivity index (χ2v) is 7.00. The normalized spacial score (nSPS) is 16.4. The lowest BCUT2D eigenvalue weighted by Gasteiger charge is -2.18. The van der Waals surface area contributed by atoms with Gasteiger partial charge in [0.1, 0.15) is 28.6 Å². The van der Waals surface area contributed by atoms with Crippen LogP contribution < -0.4 is 11.5 Å². The number of aliphatic hydroxyl groups excluding tert-OH is 1. The van der Waals surface area contributed by atoms with Crippen molar-refractivity contribution < 1.29 is 27.5 Å². The third-order valence-corrected chi connectivity index (χ3v) is 4.82. The van der Waals surface area contributed by atoms with Crippen LogP contribution in [0.15, 0.2) is 53.4 Å². The van der Waals surface area contributed by atoms with E-state index in [2.05, 4.69) is 9.98 Å². The van der Waals surface area contributed by atoms with Crippen LogP contribution in [0.2, 0.25) is 0 Å². The summed E-state index contributed by atoms with van der Waals surface area (Å²) in [6.07, 6.45) is -3.30. The number of nitrogens with zero attached hydrogens (tertiary/aromatic N) is 2. The van der Waals surface area contributed by atoms with Crippen molar-refractivity contribution in [2.75, 3.05) is 5.73 Å². The molecular weight excluding hydrogens is 404 g/mol. The Morgan fingerprint density at radius 2 is 1.90 bits per heavy atom. The molecule has 10 heteroatoms. The topological polar surface area (TPSA) is 115 Å². The molecule has 0 bridgehead atoms. The molecule has 5 N–H and O–H groups in total. The van der Waals surface area contributed by atoms with Crippen molar-refractivity contribution in [2.24, 2.45) is 16.1 Å². The van der Waals surface area contributed by atoms with Gasteiger partial charge in [0, 0.05) is 23.9 Å². The number of alkyl halides is 3. The second-order valence-electron chi connectivity index (χ2n) is 7.00. The SMILES string of the molecule is NC(/C=C(\O)C1(C(F)(F)F)CC1)=NC(=O)Cc1ccc(-c2cnc(N)cc2F)cc1. The number of benzene rings is 1. The zero-order valence-corrected chi connectivity index (χ0v) is 15.6. The molecule has 1 aromatic carbocycles. The summed E-state index contributed by atoms with van der Waals surface area (Å²) in [6, 6.07) is 7.41. The summed E-state index contributed by atoms with van der Waals surface area (Å²) < 4.78 is 52.8. The number of nitrogens with two attached hydrogens (primary N) is 2. The number of nitrogen functional groups attached to an aromatic ring is 1. The summed E-state index contributed by atoms with van der Waals surface area (Å²) in [5.74, 6) is -2.66. The van der Waals surface area contributed by atoms with Gasteiger partial charge in [-0.3, -0.25) is 4.79 Å². The average Bonchev–Trinajstić information content (AvgIpc) is 3.44. The first-order valence-corrected chi connectivity index (χ1v) is 8.87. The number of hydrogen-bond donors (Lipinski definition) is 3. The Labute approximate surface area is 168 Å². The fourth-order valence-electron chi connectivity index (χ4n) is 2.94. The Hall–Kier alpha value is -3.43. The Kier molecular flexibility index (Phi) is 5.51. The minimum atomic E-state index is -4.60. The summed E-state index contributed by atoms with van der Waals surface area (Å²) in [5, 5.41) is 9.75. The third-order valence-electron chi connectivity index (χ3n) is 4.82. The molecule has 0 saturated heterocycles. The number of halogens is 4. The predicted molar refractivity (Wildman–Crippen MR) is 103 cm³/mol. The molecule has 2 aromatic rings. The van der Waals surface area contributed by atoms with Gasteiger partial charge in [0.2, 0.25) is 0 Å². The van der Waals surface area contributed by atoms with E-state index in [0.29, 0.717) is 17.2 Å². The smallest absolute Gasteiger partial charge is 0.401 e. The molecule has 0 spiro atoms. The highest BCUT2D eigenvalue weighted by Gasteiger charge is 2.66. The lowest BCUT2D eigenvalue weighted by molar-refractivity contribution is -0.182. The number of carbonyl (C=O) groups excluding carboxylic acids is 1. The fraction of sp³-hybridized carbons (Fsp3) is 0.250. The molecular formula is C20H18F4N4O2. The molecule has 6 nitrogen and oxygen atoms in total. The number of rotatable bonds is 5. The summed E-state index contributed by atoms with van der Waals surface area (Å²) in [5.41, 5.74) is 9.91. The summed E-state index contributed by atoms with van der Waals surface area (Å²) in [6.45, 7) is 0. The van der Waals surface area contributed by atoms with Crippen molar-refractivity contribution in [1.82, 2.24) is 4.98 Å². The Morgan fingerprint density at radius 3 is 2.43 bits per heavy atom. The molecule has 1 saturated carbocycles. The molecule has 0 aliphatic heterocycles. The fourth-order valence-corrected chi connectivity index (χ4v) is 2.94. The van der Waals surface area contributed by atoms with E-state index < -0.39 is 34.9 Å². The zero-order valence-electron chi connectivity index (χ0n) is 15.6. The molecule has 1 amide bonds. The highest BCUT2D eigenvalue weighted by Crippen LogP contribution is 2.61. The lowest BCUT2D eigenvalue weighted by Crippen LogP contribution is -2.27. The van der Waals surface area contributed by atoms with Gasteiger partial charge in [-0.15, -0.1) is 0 Å². The van der Waals surface area contributed by atoms with Gasteiger partial charge in [-0.05, 0) is 24.0 Å². The van der Waals surface area contributed by atoms with E-state index in [4.69, 9.17) is 11.5 Å². The van der Waals surface area contributed by atoms with Gasteiger partial charge in [-0.1, -0.05) is 24.3 Å². The van der Waals surface area contributed by atoms with Crippen molar-refractivity contribution in [1.29, 1.82) is 0 Å². The molecule has 0 unspecified atom stereocenters. The maximum absolute atomic E-state index is 14.0. The number of carbonyl (C=O) groups is 1. The number of amides is 1. The molecule has 1 aliphatic carbocycles. The molecule has 1 heterocycles. The van der Waals surface area contributed by atoms with Gasteiger partial charge < -0.3 is 16.6 Å². The van der Waals surface area contributed by atoms with E-state index in [9.17, 15) is 27.5 Å². The first kappa shape index (κ1) is 21.3. The van der Waals surface area contributed by atoms with Crippen LogP contribution in [0.25, 0.3) is 11.1 Å². The molecule has 158 valence electrons. The van der Waals surface area contributed by atoms with Crippen LogP contribution in [0, 0.1) is 11.2 Å². The van der Waals surface area contributed by atoms with Crippen molar-refractivity contribution in [2.45, 2.75) is 25.4 Å². The highest BCUT2D eigenvalue weighted by atomic mass is 19.4. The molecule has 3 rings (SSSR count). The molecule has 1 aromatic heterocycles. The van der Waals surface area contributed by atoms with E-state index >= 15 is 0 Å². The number of allylic oxidation sites excluding steroid dienone is 1. The summed E-state index contributed by atoms with van der Waals surface area (Å²) in [7, 11) is 0. The molecule has 1 fully saturated rings. The van der Waals surface area contributed by atoms with Gasteiger partial charge in [-0.2, -0.15) is 18.2 Å². The molecule has 30 heavy (non-hydrogen) atoms. The number of hydrogen-bond acceptors (Lipinski definition) is 4. The first-order chi connectivity index (χ1) is 14.0. The maximum atomic E-state index is 14.0. The Morgan fingerprint density at radius 1 is 1.27 bits per heavy atom. The molecule has 0 atom stereocenters. The monoisotopic (exact) mass is 422 g/mol. The van der Waals surface area contributed by atoms with E-state index in [-0.39, 0.29) is 30.6 Å². The van der Waals surface area contributed by atoms with Gasteiger partial charge in [-0.25, -0.2) is 9.37 Å². The van der Waals surface area contributed by atoms with Crippen LogP contribution in [0.3, 0.4) is 0 Å². The number of aliphatic imine (C=N–C) groups is 1. The van der Waals surface area contributed by atoms with E-state index in [1.807, 2.05) is 0 Å². The Bertz CT molecular complexity index is 1030. The predicted octanol–water partition coefficient (Wildman–Crippen LogP) is 3.68.